The summed E-state index contributed by atoms with van der Waals surface area (Å²) >= 11 is 11.0. The number of para-hydroxylation sites is 2. The number of benzene rings is 3. The number of hydrogen-bond acceptors (Lipinski definition) is 4. The maximum absolute atomic E-state index is 12.0. The average molecular weight is 448 g/mol. The van der Waals surface area contributed by atoms with Crippen molar-refractivity contribution in [1.29, 1.82) is 0 Å². The van der Waals surface area contributed by atoms with Gasteiger partial charge in [0.25, 0.3) is 0 Å². The molecule has 0 spiro atoms. The third kappa shape index (κ3) is 5.57. The Hall–Kier alpha value is -3.48. The second-order valence-corrected chi connectivity index (χ2v) is 7.59. The molecule has 5 nitrogen and oxygen atoms in total. The quantitative estimate of drug-likeness (QED) is 0.319. The summed E-state index contributed by atoms with van der Waals surface area (Å²) in [5.41, 5.74) is 4.36. The van der Waals surface area contributed by atoms with Gasteiger partial charge in [-0.3, -0.25) is 10.1 Å². The summed E-state index contributed by atoms with van der Waals surface area (Å²) in [5, 5.41) is 6.56. The van der Waals surface area contributed by atoms with E-state index in [0.717, 1.165) is 27.8 Å². The average Bonchev–Trinajstić information content (AvgIpc) is 3.22. The normalized spacial score (nSPS) is 11.0. The Balaban J connectivity index is 1.29. The number of halogens is 1. The van der Waals surface area contributed by atoms with Gasteiger partial charge in [0.2, 0.25) is 11.8 Å². The zero-order valence-corrected chi connectivity index (χ0v) is 17.9. The molecule has 1 heterocycles. The zero-order chi connectivity index (χ0) is 21.6. The number of nitrogens with zero attached hydrogens (tertiary/aromatic N) is 1. The van der Waals surface area contributed by atoms with Gasteiger partial charge in [0, 0.05) is 23.2 Å². The van der Waals surface area contributed by atoms with E-state index in [4.69, 9.17) is 28.2 Å². The van der Waals surface area contributed by atoms with Gasteiger partial charge < -0.3 is 9.73 Å². The largest absolute Gasteiger partial charge is 0.436 e. The topological polar surface area (TPSA) is 67.2 Å². The molecule has 154 valence electrons. The van der Waals surface area contributed by atoms with Crippen LogP contribution < -0.4 is 10.6 Å². The number of oxazole rings is 1. The molecule has 0 saturated carbocycles. The lowest BCUT2D eigenvalue weighted by molar-refractivity contribution is -0.115. The number of thiocarbonyl (C=S) groups is 1. The minimum Gasteiger partial charge on any atom is -0.436 e. The van der Waals surface area contributed by atoms with Crippen molar-refractivity contribution in [2.24, 2.45) is 0 Å². The number of fused-ring (bicyclic) bond motifs is 1. The lowest BCUT2D eigenvalue weighted by Crippen LogP contribution is -2.37. The first-order chi connectivity index (χ1) is 15.1. The van der Waals surface area contributed by atoms with Gasteiger partial charge >= 0.3 is 0 Å². The van der Waals surface area contributed by atoms with Crippen LogP contribution in [0.25, 0.3) is 28.6 Å². The molecule has 7 heteroatoms. The first kappa shape index (κ1) is 20.8. The van der Waals surface area contributed by atoms with Crippen LogP contribution in [0.15, 0.2) is 83.3 Å². The van der Waals surface area contributed by atoms with E-state index in [-0.39, 0.29) is 11.0 Å². The third-order valence-electron chi connectivity index (χ3n) is 4.48. The molecule has 0 atom stereocenters. The molecule has 31 heavy (non-hydrogen) atoms. The molecular weight excluding hydrogens is 430 g/mol. The van der Waals surface area contributed by atoms with E-state index < -0.39 is 0 Å². The number of amides is 1. The fourth-order valence-electron chi connectivity index (χ4n) is 2.89. The van der Waals surface area contributed by atoms with Gasteiger partial charge in [0.1, 0.15) is 5.52 Å². The van der Waals surface area contributed by atoms with Crippen molar-refractivity contribution in [3.05, 3.63) is 95.0 Å². The number of carbonyl (C=O) groups is 1. The van der Waals surface area contributed by atoms with E-state index in [1.54, 1.807) is 18.2 Å². The molecule has 1 amide bonds. The number of hydrogen-bond donors (Lipinski definition) is 2. The van der Waals surface area contributed by atoms with Crippen LogP contribution in [-0.4, -0.2) is 16.0 Å². The summed E-state index contributed by atoms with van der Waals surface area (Å²) < 4.78 is 5.79. The van der Waals surface area contributed by atoms with Crippen LogP contribution in [0.5, 0.6) is 0 Å². The Kier molecular flexibility index (Phi) is 6.40. The highest BCUT2D eigenvalue weighted by Gasteiger charge is 2.08. The summed E-state index contributed by atoms with van der Waals surface area (Å²) in [6, 6.07) is 22.6. The predicted octanol–water partition coefficient (Wildman–Crippen LogP) is 5.35. The standard InChI is InChI=1S/C24H18ClN3O2S/c25-19-12-7-16(8-13-19)9-14-22(29)28-24(31)26-15-17-5-10-18(11-6-17)23-27-20-3-1-2-4-21(20)30-23/h1-14H,15H2,(H2,26,28,29,31)/b14-9+. The van der Waals surface area contributed by atoms with Gasteiger partial charge in [0.15, 0.2) is 10.7 Å². The van der Waals surface area contributed by atoms with Crippen LogP contribution in [0.3, 0.4) is 0 Å². The van der Waals surface area contributed by atoms with Gasteiger partial charge in [-0.15, -0.1) is 0 Å². The second kappa shape index (κ2) is 9.55. The molecule has 3 aromatic carbocycles. The Morgan fingerprint density at radius 2 is 1.77 bits per heavy atom. The van der Waals surface area contributed by atoms with Crippen LogP contribution in [0.2, 0.25) is 5.02 Å². The Labute approximate surface area is 189 Å². The van der Waals surface area contributed by atoms with Crippen molar-refractivity contribution in [2.75, 3.05) is 0 Å². The highest BCUT2D eigenvalue weighted by molar-refractivity contribution is 7.80. The molecule has 4 rings (SSSR count). The minimum atomic E-state index is -0.307. The van der Waals surface area contributed by atoms with E-state index >= 15 is 0 Å². The van der Waals surface area contributed by atoms with Gasteiger partial charge in [-0.1, -0.05) is 48.0 Å². The SMILES string of the molecule is O=C(/C=C/c1ccc(Cl)cc1)NC(=S)NCc1ccc(-c2nc3ccccc3o2)cc1. The van der Waals surface area contributed by atoms with Gasteiger partial charge in [-0.25, -0.2) is 4.98 Å². The molecule has 0 saturated heterocycles. The van der Waals surface area contributed by atoms with Crippen LogP contribution in [-0.2, 0) is 11.3 Å². The van der Waals surface area contributed by atoms with Crippen LogP contribution >= 0.6 is 23.8 Å². The van der Waals surface area contributed by atoms with Gasteiger partial charge in [0.05, 0.1) is 0 Å². The molecule has 2 N–H and O–H groups in total. The van der Waals surface area contributed by atoms with Crippen molar-refractivity contribution in [3.8, 4) is 11.5 Å². The molecular formula is C24H18ClN3O2S. The van der Waals surface area contributed by atoms with E-state index in [0.29, 0.717) is 17.5 Å². The van der Waals surface area contributed by atoms with Crippen LogP contribution in [0, 0.1) is 0 Å². The molecule has 4 aromatic rings. The molecule has 0 bridgehead atoms. The van der Waals surface area contributed by atoms with Crippen molar-refractivity contribution in [2.45, 2.75) is 6.54 Å². The maximum Gasteiger partial charge on any atom is 0.250 e. The van der Waals surface area contributed by atoms with Crippen molar-refractivity contribution < 1.29 is 9.21 Å². The highest BCUT2D eigenvalue weighted by atomic mass is 35.5. The molecule has 0 aliphatic heterocycles. The minimum absolute atomic E-state index is 0.258. The van der Waals surface area contributed by atoms with Crippen molar-refractivity contribution >= 4 is 52.0 Å². The zero-order valence-electron chi connectivity index (χ0n) is 16.3. The fraction of sp³-hybridized carbons (Fsp3) is 0.0417. The first-order valence-electron chi connectivity index (χ1n) is 9.54. The lowest BCUT2D eigenvalue weighted by Gasteiger charge is -2.08. The first-order valence-corrected chi connectivity index (χ1v) is 10.3. The molecule has 0 aliphatic carbocycles. The number of aromatic nitrogens is 1. The highest BCUT2D eigenvalue weighted by Crippen LogP contribution is 2.24. The summed E-state index contributed by atoms with van der Waals surface area (Å²) in [6.07, 6.45) is 3.12. The maximum atomic E-state index is 12.0. The Morgan fingerprint density at radius 3 is 2.52 bits per heavy atom. The monoisotopic (exact) mass is 447 g/mol. The second-order valence-electron chi connectivity index (χ2n) is 6.74. The van der Waals surface area contributed by atoms with Gasteiger partial charge in [-0.2, -0.15) is 0 Å². The number of nitrogens with one attached hydrogen (secondary N) is 2. The van der Waals surface area contributed by atoms with Gasteiger partial charge in [-0.05, 0) is 65.8 Å². The Morgan fingerprint density at radius 1 is 1.03 bits per heavy atom. The fourth-order valence-corrected chi connectivity index (χ4v) is 3.19. The smallest absolute Gasteiger partial charge is 0.250 e. The summed E-state index contributed by atoms with van der Waals surface area (Å²) in [7, 11) is 0. The van der Waals surface area contributed by atoms with Crippen LogP contribution in [0.1, 0.15) is 11.1 Å². The summed E-state index contributed by atoms with van der Waals surface area (Å²) in [5.74, 6) is 0.273. The van der Waals surface area contributed by atoms with Crippen molar-refractivity contribution in [3.63, 3.8) is 0 Å². The van der Waals surface area contributed by atoms with Crippen LogP contribution in [0.4, 0.5) is 0 Å². The summed E-state index contributed by atoms with van der Waals surface area (Å²) in [4.78, 5) is 16.5. The third-order valence-corrected chi connectivity index (χ3v) is 4.98. The molecule has 1 aromatic heterocycles. The lowest BCUT2D eigenvalue weighted by atomic mass is 10.1. The molecule has 0 fully saturated rings. The van der Waals surface area contributed by atoms with E-state index in [1.807, 2.05) is 60.7 Å². The van der Waals surface area contributed by atoms with E-state index in [1.165, 1.54) is 6.08 Å². The molecule has 0 aliphatic rings. The molecule has 0 unspecified atom stereocenters. The summed E-state index contributed by atoms with van der Waals surface area (Å²) in [6.45, 7) is 0.480. The van der Waals surface area contributed by atoms with E-state index in [9.17, 15) is 4.79 Å². The number of rotatable bonds is 5. The van der Waals surface area contributed by atoms with E-state index in [2.05, 4.69) is 15.6 Å². The predicted molar refractivity (Wildman–Crippen MR) is 128 cm³/mol. The molecule has 0 radical (unpaired) electrons. The van der Waals surface area contributed by atoms with Crippen molar-refractivity contribution in [1.82, 2.24) is 15.6 Å². The Bertz CT molecular complexity index is 1220. The number of carbonyl (C=O) groups excluding carboxylic acids is 1.